The van der Waals surface area contributed by atoms with Gasteiger partial charge in [-0.15, -0.1) is 10.2 Å². The number of thioether (sulfide) groups is 1. The van der Waals surface area contributed by atoms with E-state index < -0.39 is 0 Å². The molecule has 2 heterocycles. The number of aryl methyl sites for hydroxylation is 2. The molecule has 3 rings (SSSR count). The molecule has 0 N–H and O–H groups in total. The maximum atomic E-state index is 12.7. The Balaban J connectivity index is 2.13. The van der Waals surface area contributed by atoms with Crippen molar-refractivity contribution in [2.75, 3.05) is 5.75 Å². The summed E-state index contributed by atoms with van der Waals surface area (Å²) in [5.41, 5.74) is 3.32. The molecule has 0 fully saturated rings. The zero-order valence-electron chi connectivity index (χ0n) is 12.9. The Morgan fingerprint density at radius 1 is 1.09 bits per heavy atom. The van der Waals surface area contributed by atoms with E-state index in [1.165, 1.54) is 0 Å². The van der Waals surface area contributed by atoms with Gasteiger partial charge in [-0.1, -0.05) is 24.8 Å². The molecule has 0 atom stereocenters. The highest BCUT2D eigenvalue weighted by atomic mass is 32.2. The number of aromatic nitrogens is 4. The quantitative estimate of drug-likeness (QED) is 0.695. The zero-order valence-corrected chi connectivity index (χ0v) is 13.7. The van der Waals surface area contributed by atoms with Crippen LogP contribution in [0.1, 0.15) is 24.5 Å². The third kappa shape index (κ3) is 2.66. The van der Waals surface area contributed by atoms with E-state index in [1.54, 1.807) is 26.9 Å². The van der Waals surface area contributed by atoms with Crippen LogP contribution < -0.4 is 5.56 Å². The van der Waals surface area contributed by atoms with Crippen LogP contribution in [0.4, 0.5) is 0 Å². The summed E-state index contributed by atoms with van der Waals surface area (Å²) in [4.78, 5) is 12.7. The molecule has 5 nitrogen and oxygen atoms in total. The van der Waals surface area contributed by atoms with E-state index in [4.69, 9.17) is 0 Å². The average molecular weight is 314 g/mol. The first-order valence-electron chi connectivity index (χ1n) is 7.28. The van der Waals surface area contributed by atoms with Crippen molar-refractivity contribution in [1.82, 2.24) is 19.2 Å². The molecule has 6 heteroatoms. The first kappa shape index (κ1) is 14.8. The molecule has 1 aromatic carbocycles. The molecule has 0 saturated heterocycles. The Morgan fingerprint density at radius 3 is 2.50 bits per heavy atom. The largest absolute Gasteiger partial charge is 0.300 e. The minimum absolute atomic E-state index is 0.150. The predicted octanol–water partition coefficient (Wildman–Crippen LogP) is 3.00. The van der Waals surface area contributed by atoms with Gasteiger partial charge >= 0.3 is 5.56 Å². The van der Waals surface area contributed by atoms with E-state index in [0.29, 0.717) is 5.65 Å². The number of hydrogen-bond donors (Lipinski definition) is 0. The molecule has 22 heavy (non-hydrogen) atoms. The van der Waals surface area contributed by atoms with Gasteiger partial charge < -0.3 is 0 Å². The van der Waals surface area contributed by atoms with Crippen molar-refractivity contribution in [2.24, 2.45) is 0 Å². The van der Waals surface area contributed by atoms with Crippen LogP contribution in [0, 0.1) is 13.8 Å². The molecule has 3 aromatic rings. The molecule has 0 saturated carbocycles. The maximum absolute atomic E-state index is 12.7. The number of nitrogens with zero attached hydrogens (tertiary/aromatic N) is 4. The minimum Gasteiger partial charge on any atom is -0.280 e. The SMILES string of the molecule is CCCSc1nnc2c(=O)n(-c3cc(C)cc(C)c3)ccn12. The summed E-state index contributed by atoms with van der Waals surface area (Å²) in [5, 5.41) is 8.95. The fourth-order valence-corrected chi connectivity index (χ4v) is 3.22. The van der Waals surface area contributed by atoms with Gasteiger partial charge in [0.05, 0.1) is 0 Å². The smallest absolute Gasteiger partial charge is 0.280 e. The molecule has 0 aliphatic rings. The summed E-state index contributed by atoms with van der Waals surface area (Å²) in [6, 6.07) is 6.08. The molecule has 0 radical (unpaired) electrons. The van der Waals surface area contributed by atoms with E-state index in [-0.39, 0.29) is 5.56 Å². The minimum atomic E-state index is -0.150. The molecule has 0 unspecified atom stereocenters. The van der Waals surface area contributed by atoms with Crippen LogP contribution in [-0.2, 0) is 0 Å². The number of hydrogen-bond acceptors (Lipinski definition) is 4. The van der Waals surface area contributed by atoms with Gasteiger partial charge in [-0.2, -0.15) is 0 Å². The summed E-state index contributed by atoms with van der Waals surface area (Å²) in [6.45, 7) is 6.16. The van der Waals surface area contributed by atoms with Crippen LogP contribution in [0.2, 0.25) is 0 Å². The lowest BCUT2D eigenvalue weighted by Crippen LogP contribution is -2.20. The Kier molecular flexibility index (Phi) is 4.02. The van der Waals surface area contributed by atoms with Crippen LogP contribution in [0.5, 0.6) is 0 Å². The van der Waals surface area contributed by atoms with Crippen molar-refractivity contribution in [3.8, 4) is 5.69 Å². The Bertz CT molecular complexity index is 861. The maximum Gasteiger partial charge on any atom is 0.300 e. The molecular weight excluding hydrogens is 296 g/mol. The topological polar surface area (TPSA) is 52.2 Å². The fraction of sp³-hybridized carbons (Fsp3) is 0.312. The monoisotopic (exact) mass is 314 g/mol. The summed E-state index contributed by atoms with van der Waals surface area (Å²) < 4.78 is 3.39. The van der Waals surface area contributed by atoms with Gasteiger partial charge in [0.2, 0.25) is 5.65 Å². The van der Waals surface area contributed by atoms with E-state index in [0.717, 1.165) is 34.1 Å². The number of fused-ring (bicyclic) bond motifs is 1. The van der Waals surface area contributed by atoms with Crippen molar-refractivity contribution in [1.29, 1.82) is 0 Å². The van der Waals surface area contributed by atoms with Crippen molar-refractivity contribution < 1.29 is 0 Å². The van der Waals surface area contributed by atoms with Gasteiger partial charge in [-0.25, -0.2) is 0 Å². The lowest BCUT2D eigenvalue weighted by atomic mass is 10.1. The Hall–Kier alpha value is -2.08. The second-order valence-electron chi connectivity index (χ2n) is 5.34. The van der Waals surface area contributed by atoms with Gasteiger partial charge in [0, 0.05) is 23.8 Å². The first-order chi connectivity index (χ1) is 10.6. The predicted molar refractivity (Wildman–Crippen MR) is 89.1 cm³/mol. The van der Waals surface area contributed by atoms with Gasteiger partial charge in [0.15, 0.2) is 5.16 Å². The number of rotatable bonds is 4. The van der Waals surface area contributed by atoms with Gasteiger partial charge in [-0.3, -0.25) is 13.8 Å². The Morgan fingerprint density at radius 2 is 1.82 bits per heavy atom. The average Bonchev–Trinajstić information content (AvgIpc) is 2.88. The van der Waals surface area contributed by atoms with Gasteiger partial charge in [0.25, 0.3) is 0 Å². The standard InChI is InChI=1S/C16H18N4OS/c1-4-7-22-16-18-17-14-15(21)19(5-6-20(14)16)13-9-11(2)8-12(3)10-13/h5-6,8-10H,4,7H2,1-3H3. The zero-order chi connectivity index (χ0) is 15.7. The summed E-state index contributed by atoms with van der Waals surface area (Å²) in [5.74, 6) is 0.959. The Labute approximate surface area is 133 Å². The first-order valence-corrected chi connectivity index (χ1v) is 8.26. The third-order valence-corrected chi connectivity index (χ3v) is 4.51. The molecular formula is C16H18N4OS. The van der Waals surface area contributed by atoms with Crippen molar-refractivity contribution in [3.05, 3.63) is 52.1 Å². The van der Waals surface area contributed by atoms with Crippen LogP contribution in [0.15, 0.2) is 40.5 Å². The highest BCUT2D eigenvalue weighted by Gasteiger charge is 2.11. The molecule has 0 aliphatic heterocycles. The lowest BCUT2D eigenvalue weighted by Gasteiger charge is -2.08. The molecule has 2 aromatic heterocycles. The van der Waals surface area contributed by atoms with Gasteiger partial charge in [-0.05, 0) is 43.5 Å². The van der Waals surface area contributed by atoms with Crippen LogP contribution in [0.25, 0.3) is 11.3 Å². The van der Waals surface area contributed by atoms with Crippen molar-refractivity contribution in [3.63, 3.8) is 0 Å². The normalized spacial score (nSPS) is 11.2. The van der Waals surface area contributed by atoms with Gasteiger partial charge in [0.1, 0.15) is 0 Å². The highest BCUT2D eigenvalue weighted by molar-refractivity contribution is 7.99. The molecule has 114 valence electrons. The fourth-order valence-electron chi connectivity index (χ4n) is 2.45. The second-order valence-corrected chi connectivity index (χ2v) is 6.41. The molecule has 0 amide bonds. The van der Waals surface area contributed by atoms with E-state index in [9.17, 15) is 4.79 Å². The molecule has 0 bridgehead atoms. The summed E-state index contributed by atoms with van der Waals surface area (Å²) in [7, 11) is 0. The number of benzene rings is 1. The van der Waals surface area contributed by atoms with Crippen molar-refractivity contribution >= 4 is 17.4 Å². The van der Waals surface area contributed by atoms with Crippen LogP contribution in [-0.4, -0.2) is 24.9 Å². The summed E-state index contributed by atoms with van der Waals surface area (Å²) >= 11 is 1.61. The van der Waals surface area contributed by atoms with Crippen molar-refractivity contribution in [2.45, 2.75) is 32.3 Å². The lowest BCUT2D eigenvalue weighted by molar-refractivity contribution is 0.890. The third-order valence-electron chi connectivity index (χ3n) is 3.36. The van der Waals surface area contributed by atoms with E-state index in [2.05, 4.69) is 23.2 Å². The molecule has 0 spiro atoms. The molecule has 0 aliphatic carbocycles. The van der Waals surface area contributed by atoms with E-state index >= 15 is 0 Å². The van der Waals surface area contributed by atoms with E-state index in [1.807, 2.05) is 32.2 Å². The highest BCUT2D eigenvalue weighted by Crippen LogP contribution is 2.17. The second kappa shape index (κ2) is 5.96. The van der Waals surface area contributed by atoms with Crippen LogP contribution in [0.3, 0.4) is 0 Å². The van der Waals surface area contributed by atoms with Crippen LogP contribution >= 0.6 is 11.8 Å². The summed E-state index contributed by atoms with van der Waals surface area (Å²) in [6.07, 6.45) is 4.69.